The molecule has 3 rings (SSSR count). The number of imidazole rings is 1. The van der Waals surface area contributed by atoms with E-state index in [2.05, 4.69) is 15.0 Å². The smallest absolute Gasteiger partial charge is 0.395 e. The van der Waals surface area contributed by atoms with E-state index in [9.17, 15) is 9.67 Å². The number of hydrogen-bond donors (Lipinski definition) is 2. The quantitative estimate of drug-likeness (QED) is 0.659. The number of allylic oxidation sites excluding steroid dienone is 1. The lowest BCUT2D eigenvalue weighted by Crippen LogP contribution is -2.33. The summed E-state index contributed by atoms with van der Waals surface area (Å²) in [7, 11) is -3.66. The molecule has 0 bridgehead atoms. The van der Waals surface area contributed by atoms with E-state index in [1.54, 1.807) is 44.7 Å². The lowest BCUT2D eigenvalue weighted by Gasteiger charge is -2.34. The van der Waals surface area contributed by atoms with Crippen LogP contribution in [0.3, 0.4) is 0 Å². The van der Waals surface area contributed by atoms with Crippen molar-refractivity contribution >= 4 is 24.6 Å². The van der Waals surface area contributed by atoms with Crippen molar-refractivity contribution in [1.82, 2.24) is 19.5 Å². The summed E-state index contributed by atoms with van der Waals surface area (Å²) < 4.78 is 32.2. The van der Waals surface area contributed by atoms with Crippen molar-refractivity contribution in [2.45, 2.75) is 58.5 Å². The van der Waals surface area contributed by atoms with Crippen molar-refractivity contribution in [3.05, 3.63) is 24.2 Å². The van der Waals surface area contributed by atoms with Gasteiger partial charge in [-0.15, -0.1) is 0 Å². The third-order valence-electron chi connectivity index (χ3n) is 4.13. The van der Waals surface area contributed by atoms with Gasteiger partial charge >= 0.3 is 7.60 Å². The normalized spacial score (nSPS) is 20.6. The van der Waals surface area contributed by atoms with Gasteiger partial charge in [-0.25, -0.2) is 15.0 Å². The van der Waals surface area contributed by atoms with E-state index in [-0.39, 0.29) is 36.2 Å². The van der Waals surface area contributed by atoms with Crippen LogP contribution in [0.2, 0.25) is 0 Å². The van der Waals surface area contributed by atoms with Gasteiger partial charge in [-0.2, -0.15) is 0 Å². The van der Waals surface area contributed by atoms with Crippen molar-refractivity contribution in [2.24, 2.45) is 0 Å². The van der Waals surface area contributed by atoms with Gasteiger partial charge in [0.15, 0.2) is 11.5 Å². The average Bonchev–Trinajstić information content (AvgIpc) is 3.05. The maximum atomic E-state index is 13.3. The van der Waals surface area contributed by atoms with E-state index >= 15 is 0 Å². The van der Waals surface area contributed by atoms with E-state index in [0.29, 0.717) is 17.6 Å². The van der Waals surface area contributed by atoms with Crippen LogP contribution in [-0.2, 0) is 18.3 Å². The monoisotopic (exact) mass is 411 g/mol. The molecule has 1 aliphatic rings. The molecule has 10 nitrogen and oxygen atoms in total. The Morgan fingerprint density at radius 3 is 2.57 bits per heavy atom. The van der Waals surface area contributed by atoms with Crippen molar-refractivity contribution in [2.75, 3.05) is 12.3 Å². The van der Waals surface area contributed by atoms with Crippen LogP contribution in [0.5, 0.6) is 0 Å². The van der Waals surface area contributed by atoms with E-state index in [0.717, 1.165) is 0 Å². The summed E-state index contributed by atoms with van der Waals surface area (Å²) in [5.74, 6) is 0.275. The Labute approximate surface area is 163 Å². The minimum atomic E-state index is -3.66. The van der Waals surface area contributed by atoms with Crippen LogP contribution in [-0.4, -0.2) is 49.5 Å². The van der Waals surface area contributed by atoms with Gasteiger partial charge in [0.05, 0.1) is 31.2 Å². The van der Waals surface area contributed by atoms with Crippen LogP contribution in [0.4, 0.5) is 5.82 Å². The Morgan fingerprint density at radius 1 is 1.29 bits per heavy atom. The third-order valence-corrected chi connectivity index (χ3v) is 6.35. The Bertz CT molecular complexity index is 898. The third kappa shape index (κ3) is 4.05. The molecule has 0 spiro atoms. The molecule has 0 saturated heterocycles. The first kappa shape index (κ1) is 20.7. The molecule has 3 heterocycles. The zero-order chi connectivity index (χ0) is 20.5. The highest BCUT2D eigenvalue weighted by atomic mass is 31.2. The number of nitrogen functional groups attached to an aromatic ring is 1. The summed E-state index contributed by atoms with van der Waals surface area (Å²) in [4.78, 5) is 12.4. The van der Waals surface area contributed by atoms with E-state index in [1.165, 1.54) is 6.33 Å². The molecule has 154 valence electrons. The molecule has 3 N–H and O–H groups in total. The fourth-order valence-corrected chi connectivity index (χ4v) is 5.04. The first-order valence-electron chi connectivity index (χ1n) is 9.13. The minimum absolute atomic E-state index is 0.115. The lowest BCUT2D eigenvalue weighted by molar-refractivity contribution is 0.0121. The minimum Gasteiger partial charge on any atom is -0.478 e. The molecule has 0 aliphatic carbocycles. The number of fused-ring (bicyclic) bond motifs is 1. The fraction of sp³-hybridized carbons (Fsp3) is 0.588. The van der Waals surface area contributed by atoms with Crippen LogP contribution in [0.25, 0.3) is 11.2 Å². The Kier molecular flexibility index (Phi) is 6.04. The maximum absolute atomic E-state index is 13.3. The number of aromatic nitrogens is 4. The summed E-state index contributed by atoms with van der Waals surface area (Å²) in [5.41, 5.74) is 6.98. The first-order chi connectivity index (χ1) is 13.2. The van der Waals surface area contributed by atoms with Gasteiger partial charge in [0.1, 0.15) is 17.9 Å². The first-order valence-corrected chi connectivity index (χ1v) is 10.7. The second-order valence-electron chi connectivity index (χ2n) is 7.07. The van der Waals surface area contributed by atoms with Gasteiger partial charge in [-0.05, 0) is 40.2 Å². The SMILES string of the molecule is CC(C)OP(=O)(OC(C)C)C1=CC[C@@H](n2cnc3c(N)ncnc32)[C@@H](CO)O1. The summed E-state index contributed by atoms with van der Waals surface area (Å²) in [6.07, 6.45) is 3.71. The van der Waals surface area contributed by atoms with Gasteiger partial charge < -0.3 is 29.2 Å². The molecular weight excluding hydrogens is 385 g/mol. The fourth-order valence-electron chi connectivity index (χ4n) is 3.08. The zero-order valence-electron chi connectivity index (χ0n) is 16.3. The van der Waals surface area contributed by atoms with Crippen LogP contribution in [0.15, 0.2) is 24.2 Å². The number of nitrogens with two attached hydrogens (primary N) is 1. The van der Waals surface area contributed by atoms with E-state index in [1.807, 2.05) is 0 Å². The standard InChI is InChI=1S/C17H26N5O5P/c1-10(2)26-28(24,27-11(3)4)14-6-5-12(13(7-23)25-14)22-9-21-15-16(18)19-8-20-17(15)22/h6,8-13,23H,5,7H2,1-4H3,(H2,18,19,20)/t12-,13-/m1/s1. The van der Waals surface area contributed by atoms with Crippen molar-refractivity contribution in [1.29, 1.82) is 0 Å². The molecule has 2 aromatic heterocycles. The van der Waals surface area contributed by atoms with Crippen LogP contribution >= 0.6 is 7.60 Å². The lowest BCUT2D eigenvalue weighted by atomic mass is 10.1. The van der Waals surface area contributed by atoms with Crippen molar-refractivity contribution in [3.8, 4) is 0 Å². The largest absolute Gasteiger partial charge is 0.478 e. The number of aliphatic hydroxyl groups is 1. The molecule has 0 fully saturated rings. The van der Waals surface area contributed by atoms with E-state index < -0.39 is 13.7 Å². The molecular formula is C17H26N5O5P. The van der Waals surface area contributed by atoms with Gasteiger partial charge in [0.25, 0.3) is 0 Å². The van der Waals surface area contributed by atoms with Crippen molar-refractivity contribution < 1.29 is 23.5 Å². The van der Waals surface area contributed by atoms with Gasteiger partial charge in [-0.1, -0.05) is 0 Å². The van der Waals surface area contributed by atoms with Crippen LogP contribution in [0.1, 0.15) is 40.2 Å². The highest BCUT2D eigenvalue weighted by Gasteiger charge is 2.41. The number of aliphatic hydroxyl groups excluding tert-OH is 1. The molecule has 2 atom stereocenters. The molecule has 1 aliphatic heterocycles. The molecule has 0 saturated carbocycles. The zero-order valence-corrected chi connectivity index (χ0v) is 17.2. The summed E-state index contributed by atoms with van der Waals surface area (Å²) in [6.45, 7) is 6.79. The van der Waals surface area contributed by atoms with Crippen LogP contribution < -0.4 is 5.73 Å². The Balaban J connectivity index is 1.95. The number of ether oxygens (including phenoxy) is 1. The summed E-state index contributed by atoms with van der Waals surface area (Å²) in [5, 5.41) is 9.92. The number of rotatable bonds is 7. The molecule has 2 aromatic rings. The molecule has 0 unspecified atom stereocenters. The van der Waals surface area contributed by atoms with Gasteiger partial charge in [0.2, 0.25) is 5.50 Å². The number of hydrogen-bond acceptors (Lipinski definition) is 9. The average molecular weight is 411 g/mol. The molecule has 28 heavy (non-hydrogen) atoms. The number of nitrogens with zero attached hydrogens (tertiary/aromatic N) is 4. The highest BCUT2D eigenvalue weighted by Crippen LogP contribution is 2.60. The molecule has 0 radical (unpaired) electrons. The molecule has 11 heteroatoms. The predicted octanol–water partition coefficient (Wildman–Crippen LogP) is 2.62. The summed E-state index contributed by atoms with van der Waals surface area (Å²) in [6, 6.07) is -0.320. The molecule has 0 amide bonds. The van der Waals surface area contributed by atoms with Crippen LogP contribution in [0, 0.1) is 0 Å². The maximum Gasteiger partial charge on any atom is 0.395 e. The predicted molar refractivity (Wildman–Crippen MR) is 103 cm³/mol. The van der Waals surface area contributed by atoms with Gasteiger partial charge in [0, 0.05) is 0 Å². The topological polar surface area (TPSA) is 135 Å². The van der Waals surface area contributed by atoms with E-state index in [4.69, 9.17) is 19.5 Å². The van der Waals surface area contributed by atoms with Crippen molar-refractivity contribution in [3.63, 3.8) is 0 Å². The highest BCUT2D eigenvalue weighted by molar-refractivity contribution is 7.58. The Hall–Kier alpha value is -2.00. The second-order valence-corrected chi connectivity index (χ2v) is 8.93. The van der Waals surface area contributed by atoms with Gasteiger partial charge in [-0.3, -0.25) is 4.57 Å². The Morgan fingerprint density at radius 2 is 1.96 bits per heavy atom. The number of anilines is 1. The second kappa shape index (κ2) is 8.16. The summed E-state index contributed by atoms with van der Waals surface area (Å²) >= 11 is 0. The molecule has 0 aromatic carbocycles.